The number of carbonyl (C=O) groups is 1. The van der Waals surface area contributed by atoms with Gasteiger partial charge in [0.05, 0.1) is 4.88 Å². The molecule has 15 heavy (non-hydrogen) atoms. The number of rotatable bonds is 1. The molecule has 0 radical (unpaired) electrons. The number of piperidine rings is 1. The van der Waals surface area contributed by atoms with E-state index in [1.807, 2.05) is 23.3 Å². The van der Waals surface area contributed by atoms with Gasteiger partial charge in [-0.3, -0.25) is 4.79 Å². The summed E-state index contributed by atoms with van der Waals surface area (Å²) in [6.45, 7) is 6.13. The van der Waals surface area contributed by atoms with Crippen LogP contribution < -0.4 is 0 Å². The Morgan fingerprint density at radius 3 is 2.67 bits per heavy atom. The van der Waals surface area contributed by atoms with Gasteiger partial charge < -0.3 is 4.90 Å². The van der Waals surface area contributed by atoms with Gasteiger partial charge in [0.2, 0.25) is 0 Å². The molecular weight excluding hydrogens is 206 g/mol. The molecule has 0 aliphatic carbocycles. The first-order valence-corrected chi connectivity index (χ1v) is 6.40. The predicted molar refractivity (Wildman–Crippen MR) is 63.4 cm³/mol. The first-order chi connectivity index (χ1) is 7.18. The van der Waals surface area contributed by atoms with Gasteiger partial charge in [-0.15, -0.1) is 11.3 Å². The minimum atomic E-state index is 0.231. The number of nitrogens with zero attached hydrogens (tertiary/aromatic N) is 1. The molecule has 2 heterocycles. The van der Waals surface area contributed by atoms with Gasteiger partial charge in [0.1, 0.15) is 0 Å². The quantitative estimate of drug-likeness (QED) is 0.717. The van der Waals surface area contributed by atoms with E-state index in [4.69, 9.17) is 0 Å². The smallest absolute Gasteiger partial charge is 0.264 e. The van der Waals surface area contributed by atoms with Crippen LogP contribution in [0.3, 0.4) is 0 Å². The summed E-state index contributed by atoms with van der Waals surface area (Å²) in [5.74, 6) is 1.01. The molecule has 0 saturated carbocycles. The molecule has 0 atom stereocenters. The van der Waals surface area contributed by atoms with Crippen molar-refractivity contribution in [3.8, 4) is 0 Å². The van der Waals surface area contributed by atoms with E-state index in [0.29, 0.717) is 0 Å². The molecule has 1 amide bonds. The second kappa shape index (κ2) is 4.35. The third-order valence-corrected chi connectivity index (χ3v) is 4.13. The summed E-state index contributed by atoms with van der Waals surface area (Å²) >= 11 is 1.56. The van der Waals surface area contributed by atoms with E-state index in [0.717, 1.165) is 42.3 Å². The summed E-state index contributed by atoms with van der Waals surface area (Å²) < 4.78 is 0. The first kappa shape index (κ1) is 10.7. The van der Waals surface area contributed by atoms with Gasteiger partial charge in [0.15, 0.2) is 0 Å². The molecular formula is C12H17NOS. The summed E-state index contributed by atoms with van der Waals surface area (Å²) in [6.07, 6.45) is 2.30. The standard InChI is InChI=1S/C12H17NOS/c1-9-3-6-13(7-4-9)12(14)11-10(2)5-8-15-11/h5,8-9H,3-4,6-7H2,1-2H3. The third kappa shape index (κ3) is 2.23. The fraction of sp³-hybridized carbons (Fsp3) is 0.583. The van der Waals surface area contributed by atoms with E-state index in [1.165, 1.54) is 0 Å². The lowest BCUT2D eigenvalue weighted by Gasteiger charge is -2.30. The number of carbonyl (C=O) groups excluding carboxylic acids is 1. The number of amides is 1. The summed E-state index contributed by atoms with van der Waals surface area (Å²) in [5, 5.41) is 2.00. The Morgan fingerprint density at radius 1 is 1.47 bits per heavy atom. The zero-order valence-corrected chi connectivity index (χ0v) is 10.1. The highest BCUT2D eigenvalue weighted by atomic mass is 32.1. The van der Waals surface area contributed by atoms with Crippen molar-refractivity contribution < 1.29 is 4.79 Å². The maximum Gasteiger partial charge on any atom is 0.264 e. The lowest BCUT2D eigenvalue weighted by atomic mass is 9.99. The van der Waals surface area contributed by atoms with E-state index in [1.54, 1.807) is 11.3 Å². The molecule has 1 fully saturated rings. The van der Waals surface area contributed by atoms with Crippen LogP contribution in [-0.2, 0) is 0 Å². The monoisotopic (exact) mass is 223 g/mol. The highest BCUT2D eigenvalue weighted by molar-refractivity contribution is 7.12. The molecule has 1 aromatic rings. The molecule has 3 heteroatoms. The minimum absolute atomic E-state index is 0.231. The highest BCUT2D eigenvalue weighted by Crippen LogP contribution is 2.22. The second-order valence-electron chi connectivity index (χ2n) is 4.41. The third-order valence-electron chi connectivity index (χ3n) is 3.13. The lowest BCUT2D eigenvalue weighted by Crippen LogP contribution is -2.37. The summed E-state index contributed by atoms with van der Waals surface area (Å²) in [5.41, 5.74) is 1.11. The average molecular weight is 223 g/mol. The molecule has 2 rings (SSSR count). The van der Waals surface area contributed by atoms with Crippen LogP contribution in [0.5, 0.6) is 0 Å². The van der Waals surface area contributed by atoms with Crippen LogP contribution in [0.15, 0.2) is 11.4 Å². The SMILES string of the molecule is Cc1ccsc1C(=O)N1CCC(C)CC1. The highest BCUT2D eigenvalue weighted by Gasteiger charge is 2.22. The molecule has 0 bridgehead atoms. The molecule has 2 nitrogen and oxygen atoms in total. The van der Waals surface area contributed by atoms with E-state index in [9.17, 15) is 4.79 Å². The van der Waals surface area contributed by atoms with Gasteiger partial charge in [-0.25, -0.2) is 0 Å². The molecule has 1 aliphatic heterocycles. The van der Waals surface area contributed by atoms with Gasteiger partial charge in [-0.05, 0) is 42.7 Å². The number of hydrogen-bond donors (Lipinski definition) is 0. The number of aryl methyl sites for hydroxylation is 1. The van der Waals surface area contributed by atoms with Crippen molar-refractivity contribution >= 4 is 17.2 Å². The van der Waals surface area contributed by atoms with Crippen molar-refractivity contribution in [2.45, 2.75) is 26.7 Å². The van der Waals surface area contributed by atoms with Gasteiger partial charge in [-0.2, -0.15) is 0 Å². The van der Waals surface area contributed by atoms with Crippen LogP contribution in [0.1, 0.15) is 35.0 Å². The second-order valence-corrected chi connectivity index (χ2v) is 5.32. The number of thiophene rings is 1. The van der Waals surface area contributed by atoms with Gasteiger partial charge in [0.25, 0.3) is 5.91 Å². The zero-order chi connectivity index (χ0) is 10.8. The minimum Gasteiger partial charge on any atom is -0.338 e. The van der Waals surface area contributed by atoms with E-state index < -0.39 is 0 Å². The molecule has 82 valence electrons. The molecule has 1 aromatic heterocycles. The van der Waals surface area contributed by atoms with Crippen LogP contribution in [-0.4, -0.2) is 23.9 Å². The number of likely N-dealkylation sites (tertiary alicyclic amines) is 1. The largest absolute Gasteiger partial charge is 0.338 e. The number of hydrogen-bond acceptors (Lipinski definition) is 2. The van der Waals surface area contributed by atoms with Crippen molar-refractivity contribution in [1.82, 2.24) is 4.90 Å². The molecule has 1 aliphatic rings. The Kier molecular flexibility index (Phi) is 3.10. The van der Waals surface area contributed by atoms with Crippen molar-refractivity contribution in [1.29, 1.82) is 0 Å². The Morgan fingerprint density at radius 2 is 2.13 bits per heavy atom. The normalized spacial score (nSPS) is 18.1. The van der Waals surface area contributed by atoms with Crippen LogP contribution in [0, 0.1) is 12.8 Å². The average Bonchev–Trinajstić information content (AvgIpc) is 2.65. The van der Waals surface area contributed by atoms with E-state index in [2.05, 4.69) is 6.92 Å². The predicted octanol–water partition coefficient (Wildman–Crippen LogP) is 2.93. The summed E-state index contributed by atoms with van der Waals surface area (Å²) in [4.78, 5) is 15.0. The molecule has 0 aromatic carbocycles. The zero-order valence-electron chi connectivity index (χ0n) is 9.32. The Balaban J connectivity index is 2.06. The summed E-state index contributed by atoms with van der Waals surface area (Å²) in [6, 6.07) is 2.02. The van der Waals surface area contributed by atoms with Gasteiger partial charge >= 0.3 is 0 Å². The summed E-state index contributed by atoms with van der Waals surface area (Å²) in [7, 11) is 0. The van der Waals surface area contributed by atoms with Gasteiger partial charge in [-0.1, -0.05) is 6.92 Å². The maximum absolute atomic E-state index is 12.1. The molecule has 0 N–H and O–H groups in total. The van der Waals surface area contributed by atoms with Gasteiger partial charge in [0, 0.05) is 13.1 Å². The van der Waals surface area contributed by atoms with Crippen LogP contribution in [0.25, 0.3) is 0 Å². The van der Waals surface area contributed by atoms with Crippen molar-refractivity contribution in [3.63, 3.8) is 0 Å². The Labute approximate surface area is 94.9 Å². The van der Waals surface area contributed by atoms with Crippen LogP contribution in [0.2, 0.25) is 0 Å². The fourth-order valence-corrected chi connectivity index (χ4v) is 2.84. The van der Waals surface area contributed by atoms with Crippen LogP contribution >= 0.6 is 11.3 Å². The van der Waals surface area contributed by atoms with Crippen molar-refractivity contribution in [2.24, 2.45) is 5.92 Å². The molecule has 1 saturated heterocycles. The molecule has 0 spiro atoms. The van der Waals surface area contributed by atoms with E-state index >= 15 is 0 Å². The maximum atomic E-state index is 12.1. The Hall–Kier alpha value is -0.830. The first-order valence-electron chi connectivity index (χ1n) is 5.52. The Bertz CT molecular complexity index is 350. The van der Waals surface area contributed by atoms with Crippen LogP contribution in [0.4, 0.5) is 0 Å². The lowest BCUT2D eigenvalue weighted by molar-refractivity contribution is 0.0701. The van der Waals surface area contributed by atoms with Crippen molar-refractivity contribution in [3.05, 3.63) is 21.9 Å². The topological polar surface area (TPSA) is 20.3 Å². The van der Waals surface area contributed by atoms with Crippen molar-refractivity contribution in [2.75, 3.05) is 13.1 Å². The van der Waals surface area contributed by atoms with E-state index in [-0.39, 0.29) is 5.91 Å². The molecule has 0 unspecified atom stereocenters. The fourth-order valence-electron chi connectivity index (χ4n) is 1.95.